The molecule has 1 unspecified atom stereocenters. The summed E-state index contributed by atoms with van der Waals surface area (Å²) >= 11 is 0. The van der Waals surface area contributed by atoms with E-state index in [4.69, 9.17) is 17.1 Å². The molecule has 5 heteroatoms. The SMILES string of the molecule is [B][C@H]1CC[C@@H](CO[P+](C)=O)O1. The van der Waals surface area contributed by atoms with E-state index in [1.807, 2.05) is 0 Å². The van der Waals surface area contributed by atoms with Crippen LogP contribution in [-0.2, 0) is 13.8 Å². The maximum atomic E-state index is 10.5. The van der Waals surface area contributed by atoms with Crippen molar-refractivity contribution in [1.29, 1.82) is 0 Å². The van der Waals surface area contributed by atoms with Gasteiger partial charge in [0.05, 0.1) is 6.10 Å². The molecule has 2 radical (unpaired) electrons. The first kappa shape index (κ1) is 9.18. The van der Waals surface area contributed by atoms with E-state index in [9.17, 15) is 4.57 Å². The molecule has 0 aromatic rings. The third-order valence-corrected chi connectivity index (χ3v) is 2.10. The van der Waals surface area contributed by atoms with Crippen molar-refractivity contribution >= 4 is 15.9 Å². The number of hydrogen-bond donors (Lipinski definition) is 0. The van der Waals surface area contributed by atoms with Gasteiger partial charge in [0.1, 0.15) is 14.5 Å². The van der Waals surface area contributed by atoms with Gasteiger partial charge >= 0.3 is 8.03 Å². The van der Waals surface area contributed by atoms with Crippen LogP contribution in [0.4, 0.5) is 0 Å². The molecule has 0 saturated carbocycles. The molecule has 0 aliphatic carbocycles. The molecule has 60 valence electrons. The van der Waals surface area contributed by atoms with E-state index in [-0.39, 0.29) is 12.1 Å². The lowest BCUT2D eigenvalue weighted by Crippen LogP contribution is -2.15. The van der Waals surface area contributed by atoms with Gasteiger partial charge in [-0.1, -0.05) is 0 Å². The Morgan fingerprint density at radius 3 is 2.91 bits per heavy atom. The lowest BCUT2D eigenvalue weighted by Gasteiger charge is -2.06. The van der Waals surface area contributed by atoms with Crippen molar-refractivity contribution in [3.05, 3.63) is 0 Å². The van der Waals surface area contributed by atoms with Gasteiger partial charge in [0, 0.05) is 6.00 Å². The Hall–Kier alpha value is 0.0849. The molecule has 0 spiro atoms. The predicted octanol–water partition coefficient (Wildman–Crippen LogP) is 1.05. The highest BCUT2D eigenvalue weighted by molar-refractivity contribution is 7.38. The van der Waals surface area contributed by atoms with Crippen LogP contribution in [0.2, 0.25) is 0 Å². The van der Waals surface area contributed by atoms with Gasteiger partial charge in [0.2, 0.25) is 0 Å². The van der Waals surface area contributed by atoms with E-state index in [2.05, 4.69) is 0 Å². The molecule has 3 nitrogen and oxygen atoms in total. The summed E-state index contributed by atoms with van der Waals surface area (Å²) in [4.78, 5) is 0. The lowest BCUT2D eigenvalue weighted by atomic mass is 9.97. The van der Waals surface area contributed by atoms with Crippen LogP contribution in [0.25, 0.3) is 0 Å². The monoisotopic (exact) mass is 173 g/mol. The molecule has 1 fully saturated rings. The molecule has 1 saturated heterocycles. The third kappa shape index (κ3) is 3.32. The van der Waals surface area contributed by atoms with E-state index < -0.39 is 8.03 Å². The fraction of sp³-hybridized carbons (Fsp3) is 1.00. The third-order valence-electron chi connectivity index (χ3n) is 1.58. The molecule has 1 heterocycles. The summed E-state index contributed by atoms with van der Waals surface area (Å²) in [6.07, 6.45) is 1.82. The van der Waals surface area contributed by atoms with Crippen molar-refractivity contribution in [3.63, 3.8) is 0 Å². The summed E-state index contributed by atoms with van der Waals surface area (Å²) in [5.41, 5.74) is 0. The fourth-order valence-corrected chi connectivity index (χ4v) is 1.42. The first-order valence-corrected chi connectivity index (χ1v) is 5.26. The molecule has 0 aromatic carbocycles. The van der Waals surface area contributed by atoms with Gasteiger partial charge in [0.25, 0.3) is 0 Å². The Balaban J connectivity index is 2.13. The van der Waals surface area contributed by atoms with Crippen molar-refractivity contribution in [3.8, 4) is 0 Å². The van der Waals surface area contributed by atoms with Gasteiger partial charge in [-0.15, -0.1) is 4.52 Å². The zero-order chi connectivity index (χ0) is 8.27. The molecule has 1 aliphatic heterocycles. The zero-order valence-electron chi connectivity index (χ0n) is 6.53. The van der Waals surface area contributed by atoms with Crippen molar-refractivity contribution < 1.29 is 13.8 Å². The second-order valence-electron chi connectivity index (χ2n) is 2.61. The number of rotatable bonds is 3. The minimum absolute atomic E-state index is 0.0453. The quantitative estimate of drug-likeness (QED) is 0.472. The van der Waals surface area contributed by atoms with E-state index in [0.717, 1.165) is 12.8 Å². The Bertz CT molecular complexity index is 153. The summed E-state index contributed by atoms with van der Waals surface area (Å²) in [6, 6.07) is -0.154. The Kier molecular flexibility index (Phi) is 3.50. The van der Waals surface area contributed by atoms with E-state index in [1.54, 1.807) is 0 Å². The molecular weight excluding hydrogens is 162 g/mol. The Morgan fingerprint density at radius 2 is 2.45 bits per heavy atom. The van der Waals surface area contributed by atoms with Crippen molar-refractivity contribution in [2.45, 2.75) is 24.9 Å². The standard InChI is InChI=1S/C6H11BO3P/c1-11(8)9-4-5-2-3-6(7)10-5/h5-6H,2-4H2,1H3/q+1/t5-,6+/m0/s1. The van der Waals surface area contributed by atoms with Gasteiger partial charge in [-0.05, 0) is 17.4 Å². The highest BCUT2D eigenvalue weighted by Gasteiger charge is 2.24. The van der Waals surface area contributed by atoms with E-state index in [1.165, 1.54) is 6.66 Å². The van der Waals surface area contributed by atoms with Gasteiger partial charge < -0.3 is 4.74 Å². The predicted molar refractivity (Wildman–Crippen MR) is 43.1 cm³/mol. The van der Waals surface area contributed by atoms with Gasteiger partial charge in [-0.25, -0.2) is 0 Å². The first-order valence-electron chi connectivity index (χ1n) is 3.63. The van der Waals surface area contributed by atoms with Crippen molar-refractivity contribution in [2.24, 2.45) is 0 Å². The van der Waals surface area contributed by atoms with Gasteiger partial charge in [-0.3, -0.25) is 0 Å². The average molecular weight is 173 g/mol. The maximum absolute atomic E-state index is 10.5. The van der Waals surface area contributed by atoms with Crippen LogP contribution in [0.1, 0.15) is 12.8 Å². The summed E-state index contributed by atoms with van der Waals surface area (Å²) in [6.45, 7) is 1.93. The summed E-state index contributed by atoms with van der Waals surface area (Å²) < 4.78 is 20.7. The first-order chi connectivity index (χ1) is 5.18. The lowest BCUT2D eigenvalue weighted by molar-refractivity contribution is 0.0538. The van der Waals surface area contributed by atoms with Gasteiger partial charge in [-0.2, -0.15) is 0 Å². The Labute approximate surface area is 68.7 Å². The Morgan fingerprint density at radius 1 is 1.73 bits per heavy atom. The highest BCUT2D eigenvalue weighted by Crippen LogP contribution is 2.22. The number of ether oxygens (including phenoxy) is 1. The minimum Gasteiger partial charge on any atom is -0.382 e. The van der Waals surface area contributed by atoms with Crippen LogP contribution in [0.5, 0.6) is 0 Å². The summed E-state index contributed by atoms with van der Waals surface area (Å²) in [5.74, 6) is 0. The van der Waals surface area contributed by atoms with E-state index >= 15 is 0 Å². The summed E-state index contributed by atoms with van der Waals surface area (Å²) in [5, 5.41) is 0. The van der Waals surface area contributed by atoms with Crippen LogP contribution in [-0.4, -0.2) is 33.2 Å². The van der Waals surface area contributed by atoms with Crippen LogP contribution in [0.15, 0.2) is 0 Å². The van der Waals surface area contributed by atoms with Crippen LogP contribution in [0, 0.1) is 0 Å². The maximum Gasteiger partial charge on any atom is 0.504 e. The smallest absolute Gasteiger partial charge is 0.382 e. The topological polar surface area (TPSA) is 35.5 Å². The zero-order valence-corrected chi connectivity index (χ0v) is 7.42. The molecular formula is C6H11BO3P+. The molecule has 3 atom stereocenters. The second kappa shape index (κ2) is 4.20. The minimum atomic E-state index is -1.50. The summed E-state index contributed by atoms with van der Waals surface area (Å²) in [7, 11) is 3.98. The molecule has 1 rings (SSSR count). The van der Waals surface area contributed by atoms with Crippen molar-refractivity contribution in [2.75, 3.05) is 13.3 Å². The number of hydrogen-bond acceptors (Lipinski definition) is 3. The van der Waals surface area contributed by atoms with Crippen molar-refractivity contribution in [1.82, 2.24) is 0 Å². The molecule has 0 amide bonds. The van der Waals surface area contributed by atoms with Gasteiger partial charge in [0.15, 0.2) is 6.66 Å². The van der Waals surface area contributed by atoms with Crippen LogP contribution >= 0.6 is 8.03 Å². The molecule has 0 bridgehead atoms. The van der Waals surface area contributed by atoms with Crippen LogP contribution < -0.4 is 0 Å². The largest absolute Gasteiger partial charge is 0.504 e. The molecule has 0 N–H and O–H groups in total. The highest BCUT2D eigenvalue weighted by atomic mass is 31.1. The molecule has 1 aliphatic rings. The average Bonchev–Trinajstić information content (AvgIpc) is 2.31. The second-order valence-corrected chi connectivity index (χ2v) is 3.75. The van der Waals surface area contributed by atoms with E-state index in [0.29, 0.717) is 6.61 Å². The normalized spacial score (nSPS) is 32.3. The molecule has 11 heavy (non-hydrogen) atoms. The van der Waals surface area contributed by atoms with Crippen LogP contribution in [0.3, 0.4) is 0 Å². The molecule has 0 aromatic heterocycles. The fourth-order valence-electron chi connectivity index (χ4n) is 1.04.